The molecule has 0 saturated heterocycles. The van der Waals surface area contributed by atoms with E-state index in [9.17, 15) is 9.59 Å². The highest BCUT2D eigenvalue weighted by molar-refractivity contribution is 7.98. The van der Waals surface area contributed by atoms with Crippen LogP contribution in [0.1, 0.15) is 33.6 Å². The highest BCUT2D eigenvalue weighted by Gasteiger charge is 2.21. The van der Waals surface area contributed by atoms with Gasteiger partial charge in [-0.25, -0.2) is 9.59 Å². The first kappa shape index (κ1) is 17.1. The van der Waals surface area contributed by atoms with E-state index in [1.165, 1.54) is 0 Å². The van der Waals surface area contributed by atoms with Crippen LogP contribution >= 0.6 is 11.8 Å². The van der Waals surface area contributed by atoms with Gasteiger partial charge >= 0.3 is 12.0 Å². The van der Waals surface area contributed by atoms with E-state index in [1.54, 1.807) is 11.8 Å². The third kappa shape index (κ3) is 6.74. The first-order valence-corrected chi connectivity index (χ1v) is 7.60. The summed E-state index contributed by atoms with van der Waals surface area (Å²) in [5, 5.41) is 14.3. The molecular weight excluding hydrogens is 252 g/mol. The van der Waals surface area contributed by atoms with Crippen molar-refractivity contribution in [3.63, 3.8) is 0 Å². The van der Waals surface area contributed by atoms with Crippen molar-refractivity contribution in [2.45, 2.75) is 45.7 Å². The van der Waals surface area contributed by atoms with Crippen LogP contribution in [0.2, 0.25) is 0 Å². The van der Waals surface area contributed by atoms with Gasteiger partial charge in [0.05, 0.1) is 0 Å². The lowest BCUT2D eigenvalue weighted by Gasteiger charge is -2.22. The zero-order chi connectivity index (χ0) is 14.1. The highest BCUT2D eigenvalue weighted by Crippen LogP contribution is 2.06. The number of urea groups is 1. The minimum atomic E-state index is -0.990. The molecule has 0 spiro atoms. The Morgan fingerprint density at radius 1 is 1.28 bits per heavy atom. The van der Waals surface area contributed by atoms with Gasteiger partial charge < -0.3 is 15.7 Å². The van der Waals surface area contributed by atoms with Crippen molar-refractivity contribution in [1.82, 2.24) is 10.6 Å². The molecule has 106 valence electrons. The zero-order valence-corrected chi connectivity index (χ0v) is 12.3. The molecule has 2 amide bonds. The second-order valence-corrected chi connectivity index (χ2v) is 5.45. The van der Waals surface area contributed by atoms with Gasteiger partial charge in [0.2, 0.25) is 0 Å². The van der Waals surface area contributed by atoms with Gasteiger partial charge in [-0.2, -0.15) is 11.8 Å². The molecule has 0 aromatic rings. The Balaban J connectivity index is 4.21. The van der Waals surface area contributed by atoms with Crippen molar-refractivity contribution in [3.8, 4) is 0 Å². The van der Waals surface area contributed by atoms with Crippen molar-refractivity contribution in [1.29, 1.82) is 0 Å². The van der Waals surface area contributed by atoms with Gasteiger partial charge in [-0.05, 0) is 31.3 Å². The van der Waals surface area contributed by atoms with Crippen LogP contribution in [-0.4, -0.2) is 41.2 Å². The Hall–Kier alpha value is -0.910. The average molecular weight is 276 g/mol. The molecule has 5 nitrogen and oxygen atoms in total. The van der Waals surface area contributed by atoms with Crippen molar-refractivity contribution in [3.05, 3.63) is 0 Å². The van der Waals surface area contributed by atoms with Crippen molar-refractivity contribution < 1.29 is 14.7 Å². The lowest BCUT2D eigenvalue weighted by molar-refractivity contribution is -0.139. The van der Waals surface area contributed by atoms with Crippen molar-refractivity contribution >= 4 is 23.8 Å². The fraction of sp³-hybridized carbons (Fsp3) is 0.833. The summed E-state index contributed by atoms with van der Waals surface area (Å²) in [6.45, 7) is 6.03. The molecule has 0 aliphatic carbocycles. The second-order valence-electron chi connectivity index (χ2n) is 4.46. The molecule has 0 aromatic heterocycles. The molecule has 0 aliphatic heterocycles. The zero-order valence-electron chi connectivity index (χ0n) is 11.5. The smallest absolute Gasteiger partial charge is 0.326 e. The van der Waals surface area contributed by atoms with E-state index in [2.05, 4.69) is 17.6 Å². The predicted molar refractivity (Wildman–Crippen MR) is 75.0 cm³/mol. The van der Waals surface area contributed by atoms with Crippen LogP contribution in [0.15, 0.2) is 0 Å². The van der Waals surface area contributed by atoms with Crippen molar-refractivity contribution in [2.75, 3.05) is 12.0 Å². The van der Waals surface area contributed by atoms with Crippen LogP contribution in [0, 0.1) is 5.92 Å². The minimum absolute atomic E-state index is 0.0324. The van der Waals surface area contributed by atoms with E-state index >= 15 is 0 Å². The predicted octanol–water partition coefficient (Wildman–Crippen LogP) is 1.93. The summed E-state index contributed by atoms with van der Waals surface area (Å²) in [7, 11) is 0. The summed E-state index contributed by atoms with van der Waals surface area (Å²) < 4.78 is 0. The standard InChI is InChI=1S/C12H24N2O3S/c1-5-8(2)9(3)13-12(17)14-10(11(15)16)6-7-18-4/h8-10H,5-7H2,1-4H3,(H,15,16)(H2,13,14,17)/t8?,9?,10-/m1/s1. The van der Waals surface area contributed by atoms with Gasteiger partial charge in [-0.3, -0.25) is 0 Å². The number of carbonyl (C=O) groups is 2. The SMILES string of the molecule is CCC(C)C(C)NC(=O)N[C@H](CCSC)C(=O)O. The molecule has 0 aromatic carbocycles. The van der Waals surface area contributed by atoms with E-state index in [4.69, 9.17) is 5.11 Å². The number of hydrogen-bond acceptors (Lipinski definition) is 3. The van der Waals surface area contributed by atoms with E-state index in [-0.39, 0.29) is 6.04 Å². The summed E-state index contributed by atoms with van der Waals surface area (Å²) in [5.74, 6) is 0.0821. The van der Waals surface area contributed by atoms with Gasteiger partial charge in [0.15, 0.2) is 0 Å². The van der Waals surface area contributed by atoms with Gasteiger partial charge in [0.25, 0.3) is 0 Å². The maximum absolute atomic E-state index is 11.7. The number of carbonyl (C=O) groups excluding carboxylic acids is 1. The lowest BCUT2D eigenvalue weighted by atomic mass is 10.0. The monoisotopic (exact) mass is 276 g/mol. The molecule has 0 fully saturated rings. The Morgan fingerprint density at radius 2 is 1.89 bits per heavy atom. The Kier molecular flexibility index (Phi) is 8.62. The fourth-order valence-corrected chi connectivity index (χ4v) is 1.87. The second kappa shape index (κ2) is 9.08. The molecule has 3 atom stereocenters. The normalized spacial score (nSPS) is 15.6. The summed E-state index contributed by atoms with van der Waals surface area (Å²) in [6, 6.07) is -1.19. The molecule has 18 heavy (non-hydrogen) atoms. The highest BCUT2D eigenvalue weighted by atomic mass is 32.2. The number of carboxylic acid groups (broad SMARTS) is 1. The number of carboxylic acids is 1. The molecule has 3 N–H and O–H groups in total. The Morgan fingerprint density at radius 3 is 2.33 bits per heavy atom. The average Bonchev–Trinajstić information content (AvgIpc) is 2.32. The third-order valence-corrected chi connectivity index (χ3v) is 3.71. The molecular formula is C12H24N2O3S. The molecule has 0 bridgehead atoms. The summed E-state index contributed by atoms with van der Waals surface area (Å²) in [5.41, 5.74) is 0. The molecule has 0 rings (SSSR count). The molecule has 0 heterocycles. The van der Waals surface area contributed by atoms with Crippen LogP contribution in [0.4, 0.5) is 4.79 Å². The van der Waals surface area contributed by atoms with Crippen molar-refractivity contribution in [2.24, 2.45) is 5.92 Å². The lowest BCUT2D eigenvalue weighted by Crippen LogP contribution is -2.49. The fourth-order valence-electron chi connectivity index (χ4n) is 1.40. The van der Waals surface area contributed by atoms with E-state index in [1.807, 2.05) is 20.1 Å². The minimum Gasteiger partial charge on any atom is -0.480 e. The first-order chi connectivity index (χ1) is 8.42. The van der Waals surface area contributed by atoms with Gasteiger partial charge in [-0.1, -0.05) is 20.3 Å². The largest absolute Gasteiger partial charge is 0.480 e. The maximum atomic E-state index is 11.7. The number of amides is 2. The Labute approximate surface area is 113 Å². The molecule has 0 aliphatic rings. The van der Waals surface area contributed by atoms with Crippen LogP contribution in [-0.2, 0) is 4.79 Å². The van der Waals surface area contributed by atoms with E-state index in [0.29, 0.717) is 18.1 Å². The number of nitrogens with one attached hydrogen (secondary N) is 2. The number of rotatable bonds is 8. The maximum Gasteiger partial charge on any atom is 0.326 e. The molecule has 6 heteroatoms. The molecule has 0 saturated carbocycles. The summed E-state index contributed by atoms with van der Waals surface area (Å²) >= 11 is 1.56. The number of thioether (sulfide) groups is 1. The Bertz CT molecular complexity index is 274. The number of hydrogen-bond donors (Lipinski definition) is 3. The van der Waals surface area contributed by atoms with Crippen LogP contribution in [0.25, 0.3) is 0 Å². The van der Waals surface area contributed by atoms with Crippen LogP contribution in [0.3, 0.4) is 0 Å². The first-order valence-electron chi connectivity index (χ1n) is 6.21. The summed E-state index contributed by atoms with van der Waals surface area (Å²) in [6.07, 6.45) is 3.31. The van der Waals surface area contributed by atoms with E-state index in [0.717, 1.165) is 6.42 Å². The molecule has 0 radical (unpaired) electrons. The van der Waals surface area contributed by atoms with Gasteiger partial charge in [0, 0.05) is 6.04 Å². The topological polar surface area (TPSA) is 78.4 Å². The van der Waals surface area contributed by atoms with Crippen LogP contribution in [0.5, 0.6) is 0 Å². The van der Waals surface area contributed by atoms with Crippen LogP contribution < -0.4 is 10.6 Å². The summed E-state index contributed by atoms with van der Waals surface area (Å²) in [4.78, 5) is 22.6. The van der Waals surface area contributed by atoms with Gasteiger partial charge in [-0.15, -0.1) is 0 Å². The third-order valence-electron chi connectivity index (χ3n) is 3.07. The number of aliphatic carboxylic acids is 1. The molecule has 2 unspecified atom stereocenters. The van der Waals surface area contributed by atoms with Gasteiger partial charge in [0.1, 0.15) is 6.04 Å². The quantitative estimate of drug-likeness (QED) is 0.633. The van der Waals surface area contributed by atoms with E-state index < -0.39 is 18.0 Å².